The largest absolute Gasteiger partial charge is 0.493 e. The number of aryl methyl sites for hydroxylation is 2. The van der Waals surface area contributed by atoms with E-state index in [9.17, 15) is 8.42 Å². The molecule has 6 heteroatoms. The minimum absolute atomic E-state index is 0.399. The molecule has 1 N–H and O–H groups in total. The Morgan fingerprint density at radius 3 is 2.41 bits per heavy atom. The van der Waals surface area contributed by atoms with Crippen molar-refractivity contribution in [3.05, 3.63) is 59.2 Å². The maximum absolute atomic E-state index is 13.0. The quantitative estimate of drug-likeness (QED) is 0.820. The minimum Gasteiger partial charge on any atom is -0.493 e. The van der Waals surface area contributed by atoms with Gasteiger partial charge in [-0.25, -0.2) is 8.42 Å². The number of hydrogen-bond acceptors (Lipinski definition) is 3. The molecule has 0 amide bonds. The molecule has 0 aromatic heterocycles. The SMILES string of the molecule is CCOc1ccccc1C[NH+]1CCN(S(=O)(=O)c2ccc(C)c(C)c2)CC1. The lowest BCUT2D eigenvalue weighted by atomic mass is 10.1. The highest BCUT2D eigenvalue weighted by molar-refractivity contribution is 7.89. The smallest absolute Gasteiger partial charge is 0.243 e. The van der Waals surface area contributed by atoms with E-state index in [4.69, 9.17) is 4.74 Å². The third kappa shape index (κ3) is 4.51. The molecule has 0 spiro atoms. The molecule has 0 unspecified atom stereocenters. The molecule has 2 aromatic rings. The number of benzene rings is 2. The van der Waals surface area contributed by atoms with Gasteiger partial charge in [0, 0.05) is 5.56 Å². The van der Waals surface area contributed by atoms with Crippen LogP contribution >= 0.6 is 0 Å². The molecule has 0 atom stereocenters. The second-order valence-electron chi connectivity index (χ2n) is 7.12. The molecule has 2 aromatic carbocycles. The molecule has 1 fully saturated rings. The summed E-state index contributed by atoms with van der Waals surface area (Å²) in [5, 5.41) is 0. The summed E-state index contributed by atoms with van der Waals surface area (Å²) >= 11 is 0. The zero-order chi connectivity index (χ0) is 19.4. The third-order valence-corrected chi connectivity index (χ3v) is 7.15. The molecular weight excluding hydrogens is 360 g/mol. The highest BCUT2D eigenvalue weighted by Gasteiger charge is 2.30. The van der Waals surface area contributed by atoms with E-state index in [-0.39, 0.29) is 0 Å². The molecule has 3 rings (SSSR count). The Morgan fingerprint density at radius 1 is 1.04 bits per heavy atom. The summed E-state index contributed by atoms with van der Waals surface area (Å²) in [6, 6.07) is 13.5. The zero-order valence-corrected chi connectivity index (χ0v) is 17.2. The molecule has 0 bridgehead atoms. The van der Waals surface area contributed by atoms with Gasteiger partial charge in [0.1, 0.15) is 12.3 Å². The van der Waals surface area contributed by atoms with Gasteiger partial charge in [-0.3, -0.25) is 0 Å². The van der Waals surface area contributed by atoms with Crippen LogP contribution in [0.1, 0.15) is 23.6 Å². The van der Waals surface area contributed by atoms with E-state index in [0.29, 0.717) is 24.6 Å². The van der Waals surface area contributed by atoms with Gasteiger partial charge in [-0.1, -0.05) is 18.2 Å². The topological polar surface area (TPSA) is 51.1 Å². The maximum Gasteiger partial charge on any atom is 0.243 e. The summed E-state index contributed by atoms with van der Waals surface area (Å²) in [5.41, 5.74) is 3.30. The van der Waals surface area contributed by atoms with Crippen LogP contribution in [0, 0.1) is 13.8 Å². The van der Waals surface area contributed by atoms with Gasteiger partial charge in [-0.15, -0.1) is 0 Å². The van der Waals surface area contributed by atoms with E-state index in [0.717, 1.165) is 36.5 Å². The number of rotatable bonds is 6. The van der Waals surface area contributed by atoms with E-state index >= 15 is 0 Å². The van der Waals surface area contributed by atoms with Crippen molar-refractivity contribution < 1.29 is 18.1 Å². The Balaban J connectivity index is 1.65. The van der Waals surface area contributed by atoms with E-state index in [1.165, 1.54) is 10.5 Å². The fraction of sp³-hybridized carbons (Fsp3) is 0.429. The van der Waals surface area contributed by atoms with Gasteiger partial charge in [-0.2, -0.15) is 4.31 Å². The summed E-state index contributed by atoms with van der Waals surface area (Å²) in [5.74, 6) is 0.928. The van der Waals surface area contributed by atoms with Crippen LogP contribution in [0.2, 0.25) is 0 Å². The molecule has 146 valence electrons. The van der Waals surface area contributed by atoms with Crippen molar-refractivity contribution in [1.29, 1.82) is 0 Å². The van der Waals surface area contributed by atoms with Crippen LogP contribution < -0.4 is 9.64 Å². The third-order valence-electron chi connectivity index (χ3n) is 5.26. The Bertz CT molecular complexity index is 888. The van der Waals surface area contributed by atoms with Crippen molar-refractivity contribution in [3.8, 4) is 5.75 Å². The lowest BCUT2D eigenvalue weighted by molar-refractivity contribution is -0.917. The summed E-state index contributed by atoms with van der Waals surface area (Å²) in [7, 11) is -3.42. The number of quaternary nitrogens is 1. The maximum atomic E-state index is 13.0. The number of nitrogens with zero attached hydrogens (tertiary/aromatic N) is 1. The minimum atomic E-state index is -3.42. The van der Waals surface area contributed by atoms with Crippen LogP contribution in [-0.2, 0) is 16.6 Å². The molecule has 0 aliphatic carbocycles. The lowest BCUT2D eigenvalue weighted by Crippen LogP contribution is -3.13. The van der Waals surface area contributed by atoms with Gasteiger partial charge in [0.15, 0.2) is 0 Å². The second-order valence-corrected chi connectivity index (χ2v) is 9.06. The highest BCUT2D eigenvalue weighted by Crippen LogP contribution is 2.20. The van der Waals surface area contributed by atoms with Crippen LogP contribution in [0.15, 0.2) is 47.4 Å². The molecule has 1 heterocycles. The number of nitrogens with one attached hydrogen (secondary N) is 1. The van der Waals surface area contributed by atoms with Crippen LogP contribution in [-0.4, -0.2) is 45.5 Å². The predicted octanol–water partition coefficient (Wildman–Crippen LogP) is 1.79. The van der Waals surface area contributed by atoms with Crippen LogP contribution in [0.5, 0.6) is 5.75 Å². The monoisotopic (exact) mass is 389 g/mol. The van der Waals surface area contributed by atoms with Crippen LogP contribution in [0.25, 0.3) is 0 Å². The van der Waals surface area contributed by atoms with Crippen molar-refractivity contribution in [2.45, 2.75) is 32.2 Å². The molecule has 1 saturated heterocycles. The van der Waals surface area contributed by atoms with E-state index < -0.39 is 10.0 Å². The van der Waals surface area contributed by atoms with Gasteiger partial charge >= 0.3 is 0 Å². The van der Waals surface area contributed by atoms with Crippen molar-refractivity contribution >= 4 is 10.0 Å². The van der Waals surface area contributed by atoms with E-state index in [1.54, 1.807) is 16.4 Å². The first-order valence-corrected chi connectivity index (χ1v) is 11.0. The van der Waals surface area contributed by atoms with Crippen molar-refractivity contribution in [1.82, 2.24) is 4.31 Å². The molecule has 27 heavy (non-hydrogen) atoms. The molecule has 5 nitrogen and oxygen atoms in total. The molecule has 0 saturated carbocycles. The second kappa shape index (κ2) is 8.42. The summed E-state index contributed by atoms with van der Waals surface area (Å²) in [4.78, 5) is 1.78. The fourth-order valence-corrected chi connectivity index (χ4v) is 4.99. The summed E-state index contributed by atoms with van der Waals surface area (Å²) < 4.78 is 33.2. The molecular formula is C21H29N2O3S+. The van der Waals surface area contributed by atoms with E-state index in [1.807, 2.05) is 45.0 Å². The standard InChI is InChI=1S/C21H28N2O3S/c1-4-26-21-8-6-5-7-19(21)16-22-11-13-23(14-12-22)27(24,25)20-10-9-17(2)18(3)15-20/h5-10,15H,4,11-14,16H2,1-3H3/p+1. The van der Waals surface area contributed by atoms with Gasteiger partial charge in [0.25, 0.3) is 0 Å². The number of piperazine rings is 1. The summed E-state index contributed by atoms with van der Waals surface area (Å²) in [6.07, 6.45) is 0. The molecule has 0 radical (unpaired) electrons. The van der Waals surface area contributed by atoms with Crippen molar-refractivity contribution in [2.24, 2.45) is 0 Å². The normalized spacial score (nSPS) is 16.4. The molecule has 1 aliphatic heterocycles. The first-order valence-electron chi connectivity index (χ1n) is 9.53. The van der Waals surface area contributed by atoms with Gasteiger partial charge in [0.05, 0.1) is 37.7 Å². The zero-order valence-electron chi connectivity index (χ0n) is 16.4. The number of hydrogen-bond donors (Lipinski definition) is 1. The van der Waals surface area contributed by atoms with Crippen molar-refractivity contribution in [2.75, 3.05) is 32.8 Å². The fourth-order valence-electron chi connectivity index (χ4n) is 3.46. The van der Waals surface area contributed by atoms with Gasteiger partial charge in [-0.05, 0) is 56.2 Å². The van der Waals surface area contributed by atoms with Gasteiger partial charge < -0.3 is 9.64 Å². The number of sulfonamides is 1. The number of para-hydroxylation sites is 1. The Morgan fingerprint density at radius 2 is 1.74 bits per heavy atom. The van der Waals surface area contributed by atoms with Crippen LogP contribution in [0.4, 0.5) is 0 Å². The predicted molar refractivity (Wildman–Crippen MR) is 107 cm³/mol. The lowest BCUT2D eigenvalue weighted by Gasteiger charge is -2.32. The average Bonchev–Trinajstić information content (AvgIpc) is 2.66. The Labute approximate surface area is 162 Å². The first kappa shape index (κ1) is 19.9. The molecule has 1 aliphatic rings. The Hall–Kier alpha value is -1.89. The number of ether oxygens (including phenoxy) is 1. The highest BCUT2D eigenvalue weighted by atomic mass is 32.2. The van der Waals surface area contributed by atoms with Crippen LogP contribution in [0.3, 0.4) is 0 Å². The van der Waals surface area contributed by atoms with E-state index in [2.05, 4.69) is 6.07 Å². The first-order chi connectivity index (χ1) is 12.9. The van der Waals surface area contributed by atoms with Gasteiger partial charge in [0.2, 0.25) is 10.0 Å². The average molecular weight is 390 g/mol. The Kier molecular flexibility index (Phi) is 6.19. The summed E-state index contributed by atoms with van der Waals surface area (Å²) in [6.45, 7) is 10.1. The van der Waals surface area contributed by atoms with Crippen molar-refractivity contribution in [3.63, 3.8) is 0 Å².